The van der Waals surface area contributed by atoms with Crippen LogP contribution in [0, 0.1) is 5.41 Å². The number of carbonyl (C=O) groups is 1. The maximum absolute atomic E-state index is 14.2. The molecular weight excluding hydrogens is 1340 g/mol. The molecule has 3 aliphatic rings. The fraction of sp³-hybridized carbons (Fsp3) is 0.407. The van der Waals surface area contributed by atoms with Gasteiger partial charge in [-0.25, -0.2) is 29.9 Å². The second-order valence-electron chi connectivity index (χ2n) is 27.5. The van der Waals surface area contributed by atoms with Crippen LogP contribution in [0.4, 0.5) is 5.69 Å². The second-order valence-corrected chi connectivity index (χ2v) is 27.5. The Morgan fingerprint density at radius 1 is 0.456 bits per heavy atom. The van der Waals surface area contributed by atoms with E-state index in [0.717, 1.165) is 104 Å². The summed E-state index contributed by atoms with van der Waals surface area (Å²) in [6.07, 6.45) is 39.5. The van der Waals surface area contributed by atoms with Crippen LogP contribution in [0.3, 0.4) is 0 Å². The average Bonchev–Trinajstić information content (AvgIpc) is 1.60. The number of anilines is 1. The molecule has 3 aromatic heterocycles. The second kappa shape index (κ2) is 37.8. The molecule has 103 heavy (non-hydrogen) atoms. The fourth-order valence-corrected chi connectivity index (χ4v) is 12.3. The van der Waals surface area contributed by atoms with Crippen LogP contribution in [-0.2, 0) is 24.3 Å². The maximum Gasteiger partial charge on any atom is 0.251 e. The van der Waals surface area contributed by atoms with Crippen LogP contribution >= 0.6 is 0 Å². The minimum absolute atomic E-state index is 0. The Hall–Kier alpha value is -9.21. The summed E-state index contributed by atoms with van der Waals surface area (Å²) in [5, 5.41) is 6.04. The largest absolute Gasteiger partial charge is 0.490 e. The summed E-state index contributed by atoms with van der Waals surface area (Å²) >= 11 is 0. The Kier molecular flexibility index (Phi) is 28.6. The maximum atomic E-state index is 14.2. The quantitative estimate of drug-likeness (QED) is 0.0149. The van der Waals surface area contributed by atoms with E-state index < -0.39 is 0 Å². The normalized spacial score (nSPS) is 14.1. The van der Waals surface area contributed by atoms with Gasteiger partial charge in [-0.1, -0.05) is 189 Å². The average molecular weight is 1440 g/mol. The zero-order valence-electron chi connectivity index (χ0n) is 63.2. The number of hydrogen-bond donors (Lipinski definition) is 3. The number of amides is 1. The van der Waals surface area contributed by atoms with Gasteiger partial charge in [0.05, 0.1) is 39.6 Å². The minimum atomic E-state index is -0.263. The number of hydrogen-bond acceptors (Lipinski definition) is 13. The van der Waals surface area contributed by atoms with Crippen molar-refractivity contribution in [3.63, 3.8) is 0 Å². The molecule has 10 rings (SSSR count). The number of allylic oxidation sites excluding steroid dienone is 17. The topological polar surface area (TPSA) is 193 Å². The Bertz CT molecular complexity index is 4640. The van der Waals surface area contributed by atoms with E-state index in [2.05, 4.69) is 128 Å². The van der Waals surface area contributed by atoms with Gasteiger partial charge in [0.25, 0.3) is 5.91 Å². The molecule has 0 unspecified atom stereocenters. The molecule has 0 fully saturated rings. The Morgan fingerprint density at radius 2 is 0.806 bits per heavy atom. The summed E-state index contributed by atoms with van der Waals surface area (Å²) in [6, 6.07) is 17.6. The van der Waals surface area contributed by atoms with Gasteiger partial charge in [0.15, 0.2) is 57.8 Å². The van der Waals surface area contributed by atoms with Crippen LogP contribution in [0.25, 0.3) is 89.7 Å². The summed E-state index contributed by atoms with van der Waals surface area (Å²) in [5.74, 6) is 4.86. The number of benzene rings is 4. The molecule has 5 heterocycles. The number of aromatic nitrogens is 8. The van der Waals surface area contributed by atoms with Crippen molar-refractivity contribution in [1.82, 2.24) is 39.9 Å². The predicted molar refractivity (Wildman–Crippen MR) is 419 cm³/mol. The molecular formula is C86H105N9O7Zn. The van der Waals surface area contributed by atoms with E-state index in [1.54, 1.807) is 6.92 Å². The molecule has 4 aromatic carbocycles. The predicted octanol–water partition coefficient (Wildman–Crippen LogP) is 22.4. The molecule has 16 nitrogen and oxygen atoms in total. The van der Waals surface area contributed by atoms with Crippen molar-refractivity contribution >= 4 is 55.7 Å². The van der Waals surface area contributed by atoms with Gasteiger partial charge >= 0.3 is 0 Å². The first-order chi connectivity index (χ1) is 49.5. The van der Waals surface area contributed by atoms with Crippen LogP contribution in [0.15, 0.2) is 161 Å². The Morgan fingerprint density at radius 3 is 1.19 bits per heavy atom. The van der Waals surface area contributed by atoms with E-state index in [-0.39, 0.29) is 30.8 Å². The van der Waals surface area contributed by atoms with Crippen molar-refractivity contribution in [3.8, 4) is 80.0 Å². The number of rotatable bonds is 34. The molecule has 17 heteroatoms. The summed E-state index contributed by atoms with van der Waals surface area (Å²) in [4.78, 5) is 53.7. The molecule has 7 aromatic rings. The third-order valence-electron chi connectivity index (χ3n) is 18.5. The van der Waals surface area contributed by atoms with Crippen molar-refractivity contribution in [3.05, 3.63) is 161 Å². The van der Waals surface area contributed by atoms with Gasteiger partial charge < -0.3 is 43.7 Å². The van der Waals surface area contributed by atoms with Crippen molar-refractivity contribution in [2.45, 2.75) is 186 Å². The van der Waals surface area contributed by atoms with Crippen LogP contribution in [0.5, 0.6) is 34.5 Å². The van der Waals surface area contributed by atoms with Crippen molar-refractivity contribution < 1.29 is 52.7 Å². The number of nitrogens with one attached hydrogen (secondary N) is 3. The minimum Gasteiger partial charge on any atom is -0.490 e. The van der Waals surface area contributed by atoms with Crippen molar-refractivity contribution in [2.24, 2.45) is 5.41 Å². The molecule has 0 saturated heterocycles. The molecule has 8 bridgehead atoms. The Labute approximate surface area is 622 Å². The summed E-state index contributed by atoms with van der Waals surface area (Å²) in [6.45, 7) is 30.9. The van der Waals surface area contributed by atoms with E-state index in [0.29, 0.717) is 159 Å². The number of H-pyrrole nitrogens is 2. The molecule has 0 saturated carbocycles. The zero-order valence-corrected chi connectivity index (χ0v) is 66.2. The van der Waals surface area contributed by atoms with Crippen molar-refractivity contribution in [2.75, 3.05) is 45.0 Å². The van der Waals surface area contributed by atoms with E-state index in [1.807, 2.05) is 98.0 Å². The monoisotopic (exact) mass is 1440 g/mol. The van der Waals surface area contributed by atoms with Gasteiger partial charge in [0, 0.05) is 74.5 Å². The molecule has 3 N–H and O–H groups in total. The van der Waals surface area contributed by atoms with Gasteiger partial charge in [-0.05, 0) is 158 Å². The van der Waals surface area contributed by atoms with E-state index in [9.17, 15) is 4.79 Å². The van der Waals surface area contributed by atoms with Crippen molar-refractivity contribution in [1.29, 1.82) is 0 Å². The van der Waals surface area contributed by atoms with Gasteiger partial charge in [0.2, 0.25) is 0 Å². The number of ether oxygens (including phenoxy) is 6. The zero-order chi connectivity index (χ0) is 72.1. The van der Waals surface area contributed by atoms with Crippen LogP contribution < -0.4 is 33.7 Å². The van der Waals surface area contributed by atoms with Gasteiger partial charge in [-0.15, -0.1) is 0 Å². The molecule has 0 atom stereocenters. The Balaban J connectivity index is 0.0000123. The van der Waals surface area contributed by atoms with E-state index >= 15 is 0 Å². The SMILES string of the molecule is CCCCOc1cc2c(cc1OCCCC)-c1nc-2nc2[nH]c(nc3nc(nc4[nH]c(n1)c1cc(OCCCC)c(OCCCC)cc41)-c1cc(OCCCC)c(OCCCC)cc1-3)c1cc(NC(=O)/C(C)=C/C=C/C(C)=C/C=C/C=C(C)/C=C/C=C(C)/C=C/C3=C(C)CCCC3(C)C)ccc21.[Zn]. The number of aromatic amines is 2. The van der Waals surface area contributed by atoms with Gasteiger partial charge in [0.1, 0.15) is 22.6 Å². The molecule has 0 radical (unpaired) electrons. The molecule has 2 aliphatic heterocycles. The first-order valence-corrected chi connectivity index (χ1v) is 37.2. The number of carbonyl (C=O) groups excluding carboxylic acids is 1. The standard InChI is InChI=1S/C86H105N9O7.Zn/c1-14-20-43-97-71-50-64-65(51-72(71)98-44-21-15-2)81-91-79(64)89-77-62-40-39-61(87-85(96)60(11)36-29-35-57(8)32-27-26-31-56(7)33-28-34-58(9)38-41-70-59(10)37-30-42-86(70,12)13)49-63(62)78(88-77)90-80-66-52-73(99-45-22-16-3)74(100-46-23-17-4)53-67(66)82(92-80)94-84-69-55-76(102-48-25-19-6)75(101-47-24-18-5)54-68(69)83(93-81)95-84;/h26-29,31-36,38-41,49-55H,14-25,30,37,42-48H2,1-13H3,(H,87,96)(H2,88,89,90,91,92,93,94,95);/b27-26+,33-28+,35-29+,41-38+,56-31+,57-32+,58-34+,60-36+;. The van der Waals surface area contributed by atoms with Gasteiger partial charge in [-0.3, -0.25) is 4.79 Å². The van der Waals surface area contributed by atoms with Crippen LogP contribution in [-0.4, -0.2) is 85.4 Å². The van der Waals surface area contributed by atoms with Crippen LogP contribution in [0.2, 0.25) is 0 Å². The summed E-state index contributed by atoms with van der Waals surface area (Å²) in [7, 11) is 0. The third-order valence-corrected chi connectivity index (χ3v) is 18.5. The summed E-state index contributed by atoms with van der Waals surface area (Å²) in [5.41, 5.74) is 12.3. The molecule has 0 spiro atoms. The van der Waals surface area contributed by atoms with E-state index in [1.165, 1.54) is 36.0 Å². The molecule has 1 aliphatic carbocycles. The van der Waals surface area contributed by atoms with Gasteiger partial charge in [-0.2, -0.15) is 0 Å². The smallest absolute Gasteiger partial charge is 0.251 e. The van der Waals surface area contributed by atoms with Crippen LogP contribution in [0.1, 0.15) is 186 Å². The first-order valence-electron chi connectivity index (χ1n) is 37.2. The molecule has 1 amide bonds. The molecule has 538 valence electrons. The first kappa shape index (κ1) is 77.9. The number of fused-ring (bicyclic) bond motifs is 20. The number of unbranched alkanes of at least 4 members (excludes halogenated alkanes) is 6. The third kappa shape index (κ3) is 20.2. The van der Waals surface area contributed by atoms with E-state index in [4.69, 9.17) is 58.3 Å². The summed E-state index contributed by atoms with van der Waals surface area (Å²) < 4.78 is 39.3. The fourth-order valence-electron chi connectivity index (χ4n) is 12.3. The number of nitrogens with zero attached hydrogens (tertiary/aromatic N) is 6.